The van der Waals surface area contributed by atoms with Crippen molar-refractivity contribution in [3.63, 3.8) is 0 Å². The Morgan fingerprint density at radius 1 is 1.54 bits per heavy atom. The molecular weight excluding hydrogens is 172 g/mol. The van der Waals surface area contributed by atoms with Crippen molar-refractivity contribution in [3.8, 4) is 0 Å². The monoisotopic (exact) mass is 186 g/mol. The molecule has 0 saturated heterocycles. The molecule has 0 saturated carbocycles. The fourth-order valence-electron chi connectivity index (χ4n) is 0.879. The zero-order valence-corrected chi connectivity index (χ0v) is 7.30. The largest absolute Gasteiger partial charge is 0.394 e. The van der Waals surface area contributed by atoms with Crippen LogP contribution in [0.4, 0.5) is 0 Å². The van der Waals surface area contributed by atoms with Crippen LogP contribution in [0.25, 0.3) is 0 Å². The fraction of sp³-hybridized carbons (Fsp3) is 0.714. The second-order valence-corrected chi connectivity index (χ2v) is 2.71. The van der Waals surface area contributed by atoms with E-state index in [0.717, 1.165) is 0 Å². The van der Waals surface area contributed by atoms with Crippen LogP contribution in [0.2, 0.25) is 0 Å². The minimum Gasteiger partial charge on any atom is -0.394 e. The minimum absolute atomic E-state index is 0.212. The molecule has 3 N–H and O–H groups in total. The lowest BCUT2D eigenvalue weighted by molar-refractivity contribution is 0.0943. The van der Waals surface area contributed by atoms with Crippen molar-refractivity contribution in [2.45, 2.75) is 12.6 Å². The van der Waals surface area contributed by atoms with Gasteiger partial charge in [-0.25, -0.2) is 0 Å². The molecule has 0 fully saturated rings. The van der Waals surface area contributed by atoms with Crippen LogP contribution in [-0.2, 0) is 6.54 Å². The maximum absolute atomic E-state index is 8.97. The highest BCUT2D eigenvalue weighted by Crippen LogP contribution is 1.80. The van der Waals surface area contributed by atoms with E-state index in [1.54, 1.807) is 17.1 Å². The highest BCUT2D eigenvalue weighted by molar-refractivity contribution is 4.65. The van der Waals surface area contributed by atoms with Gasteiger partial charge in [-0.05, 0) is 0 Å². The quantitative estimate of drug-likeness (QED) is 0.457. The van der Waals surface area contributed by atoms with Gasteiger partial charge in [0, 0.05) is 19.3 Å². The first kappa shape index (κ1) is 10.1. The lowest BCUT2D eigenvalue weighted by atomic mass is 10.4. The Kier molecular flexibility index (Phi) is 4.37. The van der Waals surface area contributed by atoms with Crippen molar-refractivity contribution in [2.75, 3.05) is 19.7 Å². The summed E-state index contributed by atoms with van der Waals surface area (Å²) in [4.78, 5) is 0. The van der Waals surface area contributed by atoms with E-state index in [0.29, 0.717) is 19.6 Å². The van der Waals surface area contributed by atoms with Gasteiger partial charge in [0.05, 0.1) is 25.5 Å². The second-order valence-electron chi connectivity index (χ2n) is 2.71. The number of hydrogen-bond donors (Lipinski definition) is 3. The Morgan fingerprint density at radius 3 is 3.00 bits per heavy atom. The van der Waals surface area contributed by atoms with Crippen LogP contribution in [0.3, 0.4) is 0 Å². The van der Waals surface area contributed by atoms with Crippen molar-refractivity contribution < 1.29 is 10.2 Å². The Bertz CT molecular complexity index is 214. The summed E-state index contributed by atoms with van der Waals surface area (Å²) in [6, 6.07) is 0. The maximum Gasteiger partial charge on any atom is 0.0894 e. The van der Waals surface area contributed by atoms with E-state index < -0.39 is 6.10 Å². The summed E-state index contributed by atoms with van der Waals surface area (Å²) >= 11 is 0. The first-order valence-corrected chi connectivity index (χ1v) is 4.16. The van der Waals surface area contributed by atoms with Crippen LogP contribution in [0.15, 0.2) is 12.4 Å². The normalized spacial score (nSPS) is 13.1. The van der Waals surface area contributed by atoms with E-state index in [-0.39, 0.29) is 6.61 Å². The molecule has 1 heterocycles. The summed E-state index contributed by atoms with van der Waals surface area (Å²) in [6.07, 6.45) is 2.70. The SMILES string of the molecule is OC[C@@H](O)CNCCn1ccnn1. The topological polar surface area (TPSA) is 83.2 Å². The van der Waals surface area contributed by atoms with Crippen molar-refractivity contribution in [2.24, 2.45) is 0 Å². The van der Waals surface area contributed by atoms with Crippen molar-refractivity contribution in [3.05, 3.63) is 12.4 Å². The third kappa shape index (κ3) is 3.97. The van der Waals surface area contributed by atoms with Crippen LogP contribution in [0, 0.1) is 0 Å². The zero-order chi connectivity index (χ0) is 9.52. The molecule has 1 atom stereocenters. The summed E-state index contributed by atoms with van der Waals surface area (Å²) < 4.78 is 1.69. The molecule has 0 bridgehead atoms. The van der Waals surface area contributed by atoms with Crippen LogP contribution < -0.4 is 5.32 Å². The molecule has 1 rings (SSSR count). The van der Waals surface area contributed by atoms with Gasteiger partial charge in [-0.3, -0.25) is 4.68 Å². The number of nitrogens with zero attached hydrogens (tertiary/aromatic N) is 3. The van der Waals surface area contributed by atoms with Gasteiger partial charge >= 0.3 is 0 Å². The van der Waals surface area contributed by atoms with Crippen molar-refractivity contribution in [1.29, 1.82) is 0 Å². The Labute approximate surface area is 76.2 Å². The van der Waals surface area contributed by atoms with Crippen LogP contribution in [0.1, 0.15) is 0 Å². The zero-order valence-electron chi connectivity index (χ0n) is 7.30. The van der Waals surface area contributed by atoms with Crippen molar-refractivity contribution >= 4 is 0 Å². The average molecular weight is 186 g/mol. The number of nitrogens with one attached hydrogen (secondary N) is 1. The summed E-state index contributed by atoms with van der Waals surface area (Å²) in [6.45, 7) is 1.58. The van der Waals surface area contributed by atoms with E-state index in [1.807, 2.05) is 0 Å². The molecule has 0 aliphatic rings. The number of aliphatic hydroxyl groups excluding tert-OH is 2. The van der Waals surface area contributed by atoms with Gasteiger partial charge in [-0.1, -0.05) is 5.21 Å². The molecule has 0 amide bonds. The Hall–Kier alpha value is -0.980. The second kappa shape index (κ2) is 5.63. The maximum atomic E-state index is 8.97. The highest BCUT2D eigenvalue weighted by atomic mass is 16.3. The van der Waals surface area contributed by atoms with Crippen LogP contribution in [-0.4, -0.2) is 51.0 Å². The van der Waals surface area contributed by atoms with Gasteiger partial charge in [-0.15, -0.1) is 5.10 Å². The molecule has 0 aliphatic heterocycles. The fourth-order valence-corrected chi connectivity index (χ4v) is 0.879. The smallest absolute Gasteiger partial charge is 0.0894 e. The average Bonchev–Trinajstić information content (AvgIpc) is 2.64. The molecule has 13 heavy (non-hydrogen) atoms. The summed E-state index contributed by atoms with van der Waals surface area (Å²) in [5.74, 6) is 0. The molecule has 6 heteroatoms. The summed E-state index contributed by atoms with van der Waals surface area (Å²) in [5, 5.41) is 27.9. The third-order valence-electron chi connectivity index (χ3n) is 1.58. The standard InChI is InChI=1S/C7H14N4O2/c12-6-7(13)5-8-1-3-11-4-2-9-10-11/h2,4,7-8,12-13H,1,3,5-6H2/t7-/m0/s1. The third-order valence-corrected chi connectivity index (χ3v) is 1.58. The lowest BCUT2D eigenvalue weighted by Crippen LogP contribution is -2.31. The molecular formula is C7H14N4O2. The van der Waals surface area contributed by atoms with Gasteiger partial charge in [0.15, 0.2) is 0 Å². The first-order valence-electron chi connectivity index (χ1n) is 4.16. The molecule has 1 aromatic rings. The van der Waals surface area contributed by atoms with Gasteiger partial charge in [-0.2, -0.15) is 0 Å². The van der Waals surface area contributed by atoms with Crippen LogP contribution in [0.5, 0.6) is 0 Å². The molecule has 0 aromatic carbocycles. The number of rotatable bonds is 6. The first-order chi connectivity index (χ1) is 6.33. The van der Waals surface area contributed by atoms with E-state index >= 15 is 0 Å². The van der Waals surface area contributed by atoms with Crippen molar-refractivity contribution in [1.82, 2.24) is 20.3 Å². The molecule has 0 aliphatic carbocycles. The Morgan fingerprint density at radius 2 is 2.38 bits per heavy atom. The molecule has 74 valence electrons. The highest BCUT2D eigenvalue weighted by Gasteiger charge is 1.99. The predicted octanol–water partition coefficient (Wildman–Crippen LogP) is -1.78. The minimum atomic E-state index is -0.684. The molecule has 0 spiro atoms. The molecule has 6 nitrogen and oxygen atoms in total. The molecule has 0 radical (unpaired) electrons. The summed E-state index contributed by atoms with van der Waals surface area (Å²) in [7, 11) is 0. The van der Waals surface area contributed by atoms with E-state index in [9.17, 15) is 0 Å². The van der Waals surface area contributed by atoms with E-state index in [1.165, 1.54) is 0 Å². The number of aromatic nitrogens is 3. The lowest BCUT2D eigenvalue weighted by Gasteiger charge is -2.08. The molecule has 1 aromatic heterocycles. The number of hydrogen-bond acceptors (Lipinski definition) is 5. The van der Waals surface area contributed by atoms with Gasteiger partial charge in [0.1, 0.15) is 0 Å². The van der Waals surface area contributed by atoms with E-state index in [4.69, 9.17) is 10.2 Å². The molecule has 0 unspecified atom stereocenters. The number of aliphatic hydroxyl groups is 2. The van der Waals surface area contributed by atoms with Gasteiger partial charge in [0.25, 0.3) is 0 Å². The van der Waals surface area contributed by atoms with Gasteiger partial charge in [0.2, 0.25) is 0 Å². The van der Waals surface area contributed by atoms with Crippen LogP contribution >= 0.6 is 0 Å². The summed E-state index contributed by atoms with van der Waals surface area (Å²) in [5.41, 5.74) is 0. The predicted molar refractivity (Wildman–Crippen MR) is 46.0 cm³/mol. The Balaban J connectivity index is 2.02. The van der Waals surface area contributed by atoms with Gasteiger partial charge < -0.3 is 15.5 Å². The van der Waals surface area contributed by atoms with E-state index in [2.05, 4.69) is 15.6 Å².